The summed E-state index contributed by atoms with van der Waals surface area (Å²) in [5, 5.41) is 3.52. The summed E-state index contributed by atoms with van der Waals surface area (Å²) < 4.78 is 2.27. The van der Waals surface area contributed by atoms with Crippen LogP contribution in [0.25, 0.3) is 11.2 Å². The van der Waals surface area contributed by atoms with Crippen molar-refractivity contribution in [2.45, 2.75) is 39.7 Å². The second-order valence-corrected chi connectivity index (χ2v) is 5.91. The minimum Gasteiger partial charge on any atom is -0.316 e. The number of aryl methyl sites for hydroxylation is 1. The third-order valence-corrected chi connectivity index (χ3v) is 4.54. The van der Waals surface area contributed by atoms with Gasteiger partial charge in [-0.2, -0.15) is 0 Å². The Kier molecular flexibility index (Phi) is 4.01. The quantitative estimate of drug-likeness (QED) is 0.930. The Labute approximate surface area is 120 Å². The molecule has 0 aliphatic carbocycles. The highest BCUT2D eigenvalue weighted by atomic mass is 15.1. The van der Waals surface area contributed by atoms with E-state index in [9.17, 15) is 0 Å². The molecule has 1 aliphatic rings. The standard InChI is InChI=1S/C16H24N4/c1-3-20-15(19-14-7-5-9-18-16(14)20)10-12(2)13-6-4-8-17-11-13/h5,7,9,12-13,17H,3-4,6,8,10-11H2,1-2H3. The van der Waals surface area contributed by atoms with E-state index < -0.39 is 0 Å². The number of rotatable bonds is 4. The van der Waals surface area contributed by atoms with Crippen LogP contribution in [0.15, 0.2) is 18.3 Å². The van der Waals surface area contributed by atoms with E-state index >= 15 is 0 Å². The number of imidazole rings is 1. The van der Waals surface area contributed by atoms with Gasteiger partial charge in [-0.05, 0) is 56.8 Å². The first-order valence-electron chi connectivity index (χ1n) is 7.80. The number of hydrogen-bond donors (Lipinski definition) is 1. The van der Waals surface area contributed by atoms with Crippen LogP contribution >= 0.6 is 0 Å². The highest BCUT2D eigenvalue weighted by molar-refractivity contribution is 5.71. The molecule has 0 saturated carbocycles. The Morgan fingerprint density at radius 2 is 2.40 bits per heavy atom. The topological polar surface area (TPSA) is 42.7 Å². The number of hydrogen-bond acceptors (Lipinski definition) is 3. The van der Waals surface area contributed by atoms with Crippen molar-refractivity contribution in [2.24, 2.45) is 11.8 Å². The fourth-order valence-electron chi connectivity index (χ4n) is 3.31. The van der Waals surface area contributed by atoms with Gasteiger partial charge in [0.15, 0.2) is 5.65 Å². The summed E-state index contributed by atoms with van der Waals surface area (Å²) in [7, 11) is 0. The SMILES string of the molecule is CCn1c(CC(C)C2CCCNC2)nc2cccnc21. The lowest BCUT2D eigenvalue weighted by molar-refractivity contribution is 0.274. The minimum atomic E-state index is 0.671. The normalized spacial score (nSPS) is 21.2. The average molecular weight is 272 g/mol. The summed E-state index contributed by atoms with van der Waals surface area (Å²) in [6, 6.07) is 4.03. The zero-order valence-corrected chi connectivity index (χ0v) is 12.5. The summed E-state index contributed by atoms with van der Waals surface area (Å²) in [5.41, 5.74) is 2.05. The molecule has 2 aromatic rings. The van der Waals surface area contributed by atoms with Gasteiger partial charge in [0, 0.05) is 19.2 Å². The maximum atomic E-state index is 4.80. The highest BCUT2D eigenvalue weighted by Crippen LogP contribution is 2.24. The van der Waals surface area contributed by atoms with Gasteiger partial charge in [-0.25, -0.2) is 9.97 Å². The van der Waals surface area contributed by atoms with Gasteiger partial charge in [-0.15, -0.1) is 0 Å². The van der Waals surface area contributed by atoms with Gasteiger partial charge in [0.05, 0.1) is 0 Å². The summed E-state index contributed by atoms with van der Waals surface area (Å²) in [5.74, 6) is 2.64. The second-order valence-electron chi connectivity index (χ2n) is 5.91. The van der Waals surface area contributed by atoms with Crippen LogP contribution in [-0.4, -0.2) is 27.6 Å². The van der Waals surface area contributed by atoms with Gasteiger partial charge in [0.25, 0.3) is 0 Å². The van der Waals surface area contributed by atoms with E-state index in [4.69, 9.17) is 4.98 Å². The molecule has 0 spiro atoms. The third-order valence-electron chi connectivity index (χ3n) is 4.54. The van der Waals surface area contributed by atoms with Crippen molar-refractivity contribution in [1.82, 2.24) is 19.9 Å². The van der Waals surface area contributed by atoms with Crippen LogP contribution in [0.3, 0.4) is 0 Å². The summed E-state index contributed by atoms with van der Waals surface area (Å²) >= 11 is 0. The van der Waals surface area contributed by atoms with E-state index in [1.807, 2.05) is 12.3 Å². The Hall–Kier alpha value is -1.42. The van der Waals surface area contributed by atoms with Crippen molar-refractivity contribution >= 4 is 11.2 Å². The van der Waals surface area contributed by atoms with Crippen LogP contribution in [0, 0.1) is 11.8 Å². The third kappa shape index (κ3) is 2.57. The van der Waals surface area contributed by atoms with Crippen LogP contribution < -0.4 is 5.32 Å². The first-order chi connectivity index (χ1) is 9.79. The first-order valence-corrected chi connectivity index (χ1v) is 7.80. The maximum Gasteiger partial charge on any atom is 0.159 e. The lowest BCUT2D eigenvalue weighted by Crippen LogP contribution is -2.34. The van der Waals surface area contributed by atoms with Gasteiger partial charge in [0.2, 0.25) is 0 Å². The average Bonchev–Trinajstić information content (AvgIpc) is 2.85. The molecule has 2 unspecified atom stereocenters. The zero-order valence-electron chi connectivity index (χ0n) is 12.5. The Balaban J connectivity index is 1.82. The molecule has 0 bridgehead atoms. The summed E-state index contributed by atoms with van der Waals surface area (Å²) in [4.78, 5) is 9.28. The van der Waals surface area contributed by atoms with E-state index in [2.05, 4.69) is 34.8 Å². The number of nitrogens with zero attached hydrogens (tertiary/aromatic N) is 3. The number of fused-ring (bicyclic) bond motifs is 1. The van der Waals surface area contributed by atoms with Crippen molar-refractivity contribution < 1.29 is 0 Å². The number of piperidine rings is 1. The number of nitrogens with one attached hydrogen (secondary N) is 1. The van der Waals surface area contributed by atoms with Crippen molar-refractivity contribution in [3.05, 3.63) is 24.2 Å². The van der Waals surface area contributed by atoms with Crippen LogP contribution in [-0.2, 0) is 13.0 Å². The van der Waals surface area contributed by atoms with E-state index in [0.29, 0.717) is 5.92 Å². The van der Waals surface area contributed by atoms with Gasteiger partial charge in [0.1, 0.15) is 11.3 Å². The molecule has 20 heavy (non-hydrogen) atoms. The molecular formula is C16H24N4. The molecule has 0 aromatic carbocycles. The zero-order chi connectivity index (χ0) is 13.9. The Morgan fingerprint density at radius 1 is 1.50 bits per heavy atom. The van der Waals surface area contributed by atoms with E-state index in [1.165, 1.54) is 25.2 Å². The first kappa shape index (κ1) is 13.6. The monoisotopic (exact) mass is 272 g/mol. The van der Waals surface area contributed by atoms with E-state index in [1.54, 1.807) is 0 Å². The molecule has 4 nitrogen and oxygen atoms in total. The molecule has 4 heteroatoms. The molecular weight excluding hydrogens is 248 g/mol. The predicted molar refractivity (Wildman–Crippen MR) is 81.7 cm³/mol. The molecule has 1 fully saturated rings. The van der Waals surface area contributed by atoms with Crippen molar-refractivity contribution in [3.63, 3.8) is 0 Å². The molecule has 3 heterocycles. The van der Waals surface area contributed by atoms with Crippen LogP contribution in [0.2, 0.25) is 0 Å². The predicted octanol–water partition coefficient (Wildman–Crippen LogP) is 2.63. The Morgan fingerprint density at radius 3 is 3.15 bits per heavy atom. The lowest BCUT2D eigenvalue weighted by Gasteiger charge is -2.28. The molecule has 1 saturated heterocycles. The van der Waals surface area contributed by atoms with Gasteiger partial charge in [-0.1, -0.05) is 6.92 Å². The summed E-state index contributed by atoms with van der Waals surface area (Å²) in [6.45, 7) is 7.82. The fourth-order valence-corrected chi connectivity index (χ4v) is 3.31. The second kappa shape index (κ2) is 5.92. The molecule has 2 atom stereocenters. The van der Waals surface area contributed by atoms with Crippen molar-refractivity contribution in [1.29, 1.82) is 0 Å². The molecule has 1 aliphatic heterocycles. The van der Waals surface area contributed by atoms with Gasteiger partial charge in [-0.3, -0.25) is 0 Å². The highest BCUT2D eigenvalue weighted by Gasteiger charge is 2.22. The van der Waals surface area contributed by atoms with Gasteiger partial charge < -0.3 is 9.88 Å². The molecule has 0 radical (unpaired) electrons. The van der Waals surface area contributed by atoms with E-state index in [-0.39, 0.29) is 0 Å². The lowest BCUT2D eigenvalue weighted by atomic mass is 9.85. The number of aromatic nitrogens is 3. The Bertz CT molecular complexity index is 569. The molecule has 108 valence electrons. The minimum absolute atomic E-state index is 0.671. The molecule has 2 aromatic heterocycles. The number of pyridine rings is 1. The molecule has 3 rings (SSSR count). The fraction of sp³-hybridized carbons (Fsp3) is 0.625. The van der Waals surface area contributed by atoms with Crippen molar-refractivity contribution in [2.75, 3.05) is 13.1 Å². The largest absolute Gasteiger partial charge is 0.316 e. The van der Waals surface area contributed by atoms with Gasteiger partial charge >= 0.3 is 0 Å². The smallest absolute Gasteiger partial charge is 0.159 e. The van der Waals surface area contributed by atoms with E-state index in [0.717, 1.165) is 36.6 Å². The summed E-state index contributed by atoms with van der Waals surface area (Å²) in [6.07, 6.45) is 5.56. The molecule has 0 amide bonds. The van der Waals surface area contributed by atoms with Crippen LogP contribution in [0.1, 0.15) is 32.5 Å². The van der Waals surface area contributed by atoms with Crippen molar-refractivity contribution in [3.8, 4) is 0 Å². The maximum absolute atomic E-state index is 4.80. The van der Waals surface area contributed by atoms with Crippen LogP contribution in [0.5, 0.6) is 0 Å². The van der Waals surface area contributed by atoms with Crippen LogP contribution in [0.4, 0.5) is 0 Å². The molecule has 1 N–H and O–H groups in total.